The standard InChI is InChI=1S/C22H33N5S/c1-4-23-22(24-14-20-16-28-21(25-20)17(2)3)26-19-10-12-27(13-11-19)15-18-8-6-5-7-9-18/h5-9,16-17,19H,4,10-15H2,1-3H3,(H2,23,24,26). The van der Waals surface area contributed by atoms with Crippen molar-refractivity contribution >= 4 is 17.3 Å². The number of hydrogen-bond acceptors (Lipinski definition) is 4. The topological polar surface area (TPSA) is 52.6 Å². The maximum atomic E-state index is 4.76. The Balaban J connectivity index is 1.48. The van der Waals surface area contributed by atoms with Gasteiger partial charge < -0.3 is 10.6 Å². The summed E-state index contributed by atoms with van der Waals surface area (Å²) < 4.78 is 0. The molecule has 0 radical (unpaired) electrons. The number of aliphatic imine (C=N–C) groups is 1. The maximum absolute atomic E-state index is 4.76. The number of benzene rings is 1. The number of hydrogen-bond donors (Lipinski definition) is 2. The van der Waals surface area contributed by atoms with E-state index >= 15 is 0 Å². The summed E-state index contributed by atoms with van der Waals surface area (Å²) in [7, 11) is 0. The minimum Gasteiger partial charge on any atom is -0.357 e. The molecule has 1 aromatic heterocycles. The molecule has 1 saturated heterocycles. The zero-order valence-corrected chi connectivity index (χ0v) is 18.1. The fraction of sp³-hybridized carbons (Fsp3) is 0.545. The summed E-state index contributed by atoms with van der Waals surface area (Å²) in [6.07, 6.45) is 2.29. The average Bonchev–Trinajstić information content (AvgIpc) is 3.18. The van der Waals surface area contributed by atoms with Gasteiger partial charge in [0.05, 0.1) is 17.2 Å². The van der Waals surface area contributed by atoms with Crippen LogP contribution in [0.5, 0.6) is 0 Å². The molecule has 1 aromatic carbocycles. The van der Waals surface area contributed by atoms with E-state index in [-0.39, 0.29) is 0 Å². The van der Waals surface area contributed by atoms with E-state index in [4.69, 9.17) is 4.99 Å². The molecule has 2 aromatic rings. The number of guanidine groups is 1. The number of aromatic nitrogens is 1. The van der Waals surface area contributed by atoms with Gasteiger partial charge in [-0.05, 0) is 25.3 Å². The molecular weight excluding hydrogens is 366 g/mol. The highest BCUT2D eigenvalue weighted by Crippen LogP contribution is 2.19. The molecule has 2 heterocycles. The molecule has 0 bridgehead atoms. The smallest absolute Gasteiger partial charge is 0.191 e. The molecular formula is C22H33N5S. The molecule has 3 rings (SSSR count). The Morgan fingerprint density at radius 1 is 1.25 bits per heavy atom. The Labute approximate surface area is 173 Å². The maximum Gasteiger partial charge on any atom is 0.191 e. The fourth-order valence-corrected chi connectivity index (χ4v) is 4.24. The fourth-order valence-electron chi connectivity index (χ4n) is 3.41. The molecule has 1 aliphatic heterocycles. The third-order valence-electron chi connectivity index (χ3n) is 4.98. The molecule has 1 aliphatic rings. The van der Waals surface area contributed by atoms with Gasteiger partial charge >= 0.3 is 0 Å². The molecule has 28 heavy (non-hydrogen) atoms. The Hall–Kier alpha value is -1.92. The van der Waals surface area contributed by atoms with Gasteiger partial charge in [0.25, 0.3) is 0 Å². The van der Waals surface area contributed by atoms with Crippen LogP contribution in [0.4, 0.5) is 0 Å². The van der Waals surface area contributed by atoms with Crippen LogP contribution >= 0.6 is 11.3 Å². The second kappa shape index (κ2) is 10.6. The lowest BCUT2D eigenvalue weighted by Gasteiger charge is -2.33. The summed E-state index contributed by atoms with van der Waals surface area (Å²) in [5.74, 6) is 1.39. The molecule has 152 valence electrons. The van der Waals surface area contributed by atoms with Crippen LogP contribution in [0, 0.1) is 0 Å². The van der Waals surface area contributed by atoms with Gasteiger partial charge in [-0.25, -0.2) is 9.98 Å². The van der Waals surface area contributed by atoms with Gasteiger partial charge in [0, 0.05) is 43.5 Å². The lowest BCUT2D eigenvalue weighted by molar-refractivity contribution is 0.198. The van der Waals surface area contributed by atoms with Gasteiger partial charge in [-0.3, -0.25) is 4.90 Å². The van der Waals surface area contributed by atoms with E-state index in [1.54, 1.807) is 11.3 Å². The molecule has 5 nitrogen and oxygen atoms in total. The first-order chi connectivity index (χ1) is 13.6. The number of thiazole rings is 1. The molecule has 0 atom stereocenters. The minimum atomic E-state index is 0.478. The lowest BCUT2D eigenvalue weighted by Crippen LogP contribution is -2.48. The monoisotopic (exact) mass is 399 g/mol. The Morgan fingerprint density at radius 2 is 2.00 bits per heavy atom. The van der Waals surface area contributed by atoms with Gasteiger partial charge in [0.2, 0.25) is 0 Å². The van der Waals surface area contributed by atoms with Gasteiger partial charge in [0.1, 0.15) is 0 Å². The van der Waals surface area contributed by atoms with Gasteiger partial charge in [0.15, 0.2) is 5.96 Å². The van der Waals surface area contributed by atoms with Gasteiger partial charge in [-0.1, -0.05) is 44.2 Å². The van der Waals surface area contributed by atoms with Crippen LogP contribution in [-0.4, -0.2) is 41.5 Å². The summed E-state index contributed by atoms with van der Waals surface area (Å²) in [6, 6.07) is 11.2. The van der Waals surface area contributed by atoms with Crippen LogP contribution < -0.4 is 10.6 Å². The van der Waals surface area contributed by atoms with Crippen molar-refractivity contribution in [3.05, 3.63) is 52.0 Å². The first kappa shape index (κ1) is 20.8. The Bertz CT molecular complexity index is 732. The number of rotatable bonds is 7. The second-order valence-corrected chi connectivity index (χ2v) is 8.60. The quantitative estimate of drug-likeness (QED) is 0.546. The SMILES string of the molecule is CCNC(=NCc1csc(C(C)C)n1)NC1CCN(Cc2ccccc2)CC1. The molecule has 0 amide bonds. The van der Waals surface area contributed by atoms with Crippen LogP contribution in [0.25, 0.3) is 0 Å². The van der Waals surface area contributed by atoms with E-state index in [2.05, 4.69) is 77.0 Å². The average molecular weight is 400 g/mol. The van der Waals surface area contributed by atoms with Crippen LogP contribution in [0.3, 0.4) is 0 Å². The van der Waals surface area contributed by atoms with Crippen LogP contribution in [0.1, 0.15) is 55.8 Å². The zero-order chi connectivity index (χ0) is 19.8. The number of piperidine rings is 1. The highest BCUT2D eigenvalue weighted by molar-refractivity contribution is 7.09. The lowest BCUT2D eigenvalue weighted by atomic mass is 10.0. The van der Waals surface area contributed by atoms with Crippen molar-refractivity contribution in [2.75, 3.05) is 19.6 Å². The number of nitrogens with zero attached hydrogens (tertiary/aromatic N) is 3. The van der Waals surface area contributed by atoms with E-state index in [0.717, 1.165) is 50.7 Å². The number of likely N-dealkylation sites (tertiary alicyclic amines) is 1. The number of nitrogens with one attached hydrogen (secondary N) is 2. The molecule has 1 fully saturated rings. The van der Waals surface area contributed by atoms with Crippen molar-refractivity contribution in [3.8, 4) is 0 Å². The molecule has 0 aliphatic carbocycles. The van der Waals surface area contributed by atoms with Crippen molar-refractivity contribution in [1.29, 1.82) is 0 Å². The van der Waals surface area contributed by atoms with Gasteiger partial charge in [-0.2, -0.15) is 0 Å². The molecule has 0 unspecified atom stereocenters. The first-order valence-corrected chi connectivity index (χ1v) is 11.3. The Kier molecular flexibility index (Phi) is 7.86. The van der Waals surface area contributed by atoms with E-state index in [1.807, 2.05) is 0 Å². The highest BCUT2D eigenvalue weighted by atomic mass is 32.1. The predicted octanol–water partition coefficient (Wildman–Crippen LogP) is 3.99. The van der Waals surface area contributed by atoms with Crippen LogP contribution in [0.15, 0.2) is 40.7 Å². The first-order valence-electron chi connectivity index (χ1n) is 10.4. The van der Waals surface area contributed by atoms with Crippen LogP contribution in [-0.2, 0) is 13.1 Å². The largest absolute Gasteiger partial charge is 0.357 e. The summed E-state index contributed by atoms with van der Waals surface area (Å²) in [5.41, 5.74) is 2.46. The highest BCUT2D eigenvalue weighted by Gasteiger charge is 2.20. The molecule has 0 spiro atoms. The Morgan fingerprint density at radius 3 is 2.64 bits per heavy atom. The van der Waals surface area contributed by atoms with E-state index in [9.17, 15) is 0 Å². The molecule has 2 N–H and O–H groups in total. The van der Waals surface area contributed by atoms with E-state index in [1.165, 1.54) is 10.6 Å². The van der Waals surface area contributed by atoms with Crippen molar-refractivity contribution in [1.82, 2.24) is 20.5 Å². The van der Waals surface area contributed by atoms with Crippen molar-refractivity contribution < 1.29 is 0 Å². The van der Waals surface area contributed by atoms with Crippen molar-refractivity contribution in [2.24, 2.45) is 4.99 Å². The third kappa shape index (κ3) is 6.31. The zero-order valence-electron chi connectivity index (χ0n) is 17.3. The van der Waals surface area contributed by atoms with Crippen LogP contribution in [0.2, 0.25) is 0 Å². The molecule has 0 saturated carbocycles. The third-order valence-corrected chi connectivity index (χ3v) is 6.18. The van der Waals surface area contributed by atoms with Crippen molar-refractivity contribution in [3.63, 3.8) is 0 Å². The molecule has 6 heteroatoms. The van der Waals surface area contributed by atoms with Crippen molar-refractivity contribution in [2.45, 2.75) is 58.7 Å². The van der Waals surface area contributed by atoms with E-state index in [0.29, 0.717) is 18.5 Å². The summed E-state index contributed by atoms with van der Waals surface area (Å²) in [6.45, 7) is 11.3. The predicted molar refractivity (Wildman–Crippen MR) is 119 cm³/mol. The summed E-state index contributed by atoms with van der Waals surface area (Å²) >= 11 is 1.73. The van der Waals surface area contributed by atoms with Gasteiger partial charge in [-0.15, -0.1) is 11.3 Å². The minimum absolute atomic E-state index is 0.478. The second-order valence-electron chi connectivity index (χ2n) is 7.71. The summed E-state index contributed by atoms with van der Waals surface area (Å²) in [4.78, 5) is 12.0. The van der Waals surface area contributed by atoms with E-state index < -0.39 is 0 Å². The summed E-state index contributed by atoms with van der Waals surface area (Å²) in [5, 5.41) is 10.3. The normalized spacial score (nSPS) is 16.5.